The first-order valence-corrected chi connectivity index (χ1v) is 11.4. The highest BCUT2D eigenvalue weighted by molar-refractivity contribution is 7.88. The van der Waals surface area contributed by atoms with Crippen molar-refractivity contribution in [1.29, 1.82) is 0 Å². The van der Waals surface area contributed by atoms with E-state index in [-0.39, 0.29) is 49.3 Å². The Kier molecular flexibility index (Phi) is 6.78. The summed E-state index contributed by atoms with van der Waals surface area (Å²) < 4.78 is 107. The van der Waals surface area contributed by atoms with Gasteiger partial charge in [0.15, 0.2) is 0 Å². The Hall–Kier alpha value is -2.64. The van der Waals surface area contributed by atoms with Gasteiger partial charge in [-0.15, -0.1) is 4.40 Å². The average molecular weight is 498 g/mol. The van der Waals surface area contributed by atoms with E-state index in [0.29, 0.717) is 10.4 Å². The summed E-state index contributed by atoms with van der Waals surface area (Å²) in [5.41, 5.74) is -1.94. The van der Waals surface area contributed by atoms with Crippen molar-refractivity contribution in [3.63, 3.8) is 0 Å². The normalized spacial score (nSPS) is 23.5. The van der Waals surface area contributed by atoms with Crippen LogP contribution in [0, 0.1) is 11.8 Å². The third-order valence-corrected chi connectivity index (χ3v) is 6.94. The molecule has 14 heteroatoms. The molecule has 1 fully saturated rings. The molecule has 0 spiro atoms. The predicted octanol–water partition coefficient (Wildman–Crippen LogP) is 4.31. The van der Waals surface area contributed by atoms with Gasteiger partial charge in [0.25, 0.3) is 5.91 Å². The third-order valence-electron chi connectivity index (χ3n) is 5.49. The SMILES string of the molecule is CCN1C(C(=O)Nc2ccnc(C(F)(F)F)c2)=CC(C2CCC(C(F)(F)F)CC2)=NS1(=O)=O. The number of hydrogen-bond acceptors (Lipinski definition) is 4. The summed E-state index contributed by atoms with van der Waals surface area (Å²) in [5.74, 6) is -3.09. The summed E-state index contributed by atoms with van der Waals surface area (Å²) in [6.07, 6.45) is -7.40. The molecule has 0 atom stereocenters. The maximum atomic E-state index is 12.9. The summed E-state index contributed by atoms with van der Waals surface area (Å²) in [4.78, 5) is 16.0. The first-order chi connectivity index (χ1) is 15.2. The van der Waals surface area contributed by atoms with Crippen LogP contribution in [0.2, 0.25) is 0 Å². The lowest BCUT2D eigenvalue weighted by molar-refractivity contribution is -0.182. The molecule has 7 nitrogen and oxygen atoms in total. The number of likely N-dealkylation sites (N-methyl/N-ethyl adjacent to an activating group) is 1. The minimum atomic E-state index is -4.75. The van der Waals surface area contributed by atoms with Crippen LogP contribution in [0.3, 0.4) is 0 Å². The summed E-state index contributed by atoms with van der Waals surface area (Å²) in [5, 5.41) is 2.22. The van der Waals surface area contributed by atoms with E-state index in [2.05, 4.69) is 14.7 Å². The Bertz CT molecular complexity index is 1070. The smallest absolute Gasteiger partial charge is 0.321 e. The van der Waals surface area contributed by atoms with Crippen LogP contribution in [0.4, 0.5) is 32.0 Å². The predicted molar refractivity (Wildman–Crippen MR) is 106 cm³/mol. The minimum absolute atomic E-state index is 0.0371. The average Bonchev–Trinajstić information content (AvgIpc) is 2.71. The molecule has 0 radical (unpaired) electrons. The van der Waals surface area contributed by atoms with Gasteiger partial charge in [-0.1, -0.05) is 0 Å². The number of carbonyl (C=O) groups is 1. The van der Waals surface area contributed by atoms with Crippen LogP contribution in [-0.2, 0) is 21.2 Å². The fraction of sp³-hybridized carbons (Fsp3) is 0.526. The number of halogens is 6. The van der Waals surface area contributed by atoms with Crippen LogP contribution in [0.5, 0.6) is 0 Å². The number of aromatic nitrogens is 1. The highest BCUT2D eigenvalue weighted by Gasteiger charge is 2.43. The van der Waals surface area contributed by atoms with Crippen molar-refractivity contribution in [3.8, 4) is 0 Å². The van der Waals surface area contributed by atoms with Gasteiger partial charge in [-0.05, 0) is 50.8 Å². The summed E-state index contributed by atoms with van der Waals surface area (Å²) in [7, 11) is -4.35. The van der Waals surface area contributed by atoms with Gasteiger partial charge in [-0.2, -0.15) is 34.8 Å². The monoisotopic (exact) mass is 498 g/mol. The molecule has 182 valence electrons. The van der Waals surface area contributed by atoms with Crippen molar-refractivity contribution in [2.75, 3.05) is 11.9 Å². The molecular weight excluding hydrogens is 478 g/mol. The Labute approximate surface area is 185 Å². The van der Waals surface area contributed by atoms with Gasteiger partial charge in [-0.25, -0.2) is 4.31 Å². The number of carbonyl (C=O) groups excluding carboxylic acids is 1. The first kappa shape index (κ1) is 25.0. The second kappa shape index (κ2) is 8.95. The van der Waals surface area contributed by atoms with E-state index in [0.717, 1.165) is 12.3 Å². The largest absolute Gasteiger partial charge is 0.433 e. The fourth-order valence-electron chi connectivity index (χ4n) is 3.82. The lowest BCUT2D eigenvalue weighted by Crippen LogP contribution is -2.40. The second-order valence-corrected chi connectivity index (χ2v) is 9.18. The van der Waals surface area contributed by atoms with Crippen molar-refractivity contribution < 1.29 is 39.6 Å². The lowest BCUT2D eigenvalue weighted by atomic mass is 9.79. The zero-order chi connectivity index (χ0) is 24.6. The number of nitrogens with one attached hydrogen (secondary N) is 1. The topological polar surface area (TPSA) is 91.7 Å². The molecule has 0 unspecified atom stereocenters. The number of amides is 1. The summed E-state index contributed by atoms with van der Waals surface area (Å²) >= 11 is 0. The Morgan fingerprint density at radius 1 is 1.15 bits per heavy atom. The molecule has 2 heterocycles. The standard InChI is InChI=1S/C19H20F6N4O3S/c1-2-29-15(17(30)27-13-7-8-26-16(9-13)19(23,24)25)10-14(28-33(29,31)32)11-3-5-12(6-4-11)18(20,21)22/h7-12H,2-6H2,1H3,(H,26,27,30). The maximum Gasteiger partial charge on any atom is 0.433 e. The first-order valence-electron chi connectivity index (χ1n) is 9.98. The van der Waals surface area contributed by atoms with Gasteiger partial charge < -0.3 is 5.32 Å². The fourth-order valence-corrected chi connectivity index (χ4v) is 5.10. The molecule has 1 saturated carbocycles. The van der Waals surface area contributed by atoms with E-state index < -0.39 is 46.0 Å². The summed E-state index contributed by atoms with van der Waals surface area (Å²) in [6.45, 7) is 1.24. The lowest BCUT2D eigenvalue weighted by Gasteiger charge is -2.32. The number of rotatable bonds is 4. The second-order valence-electron chi connectivity index (χ2n) is 7.66. The van der Waals surface area contributed by atoms with Crippen LogP contribution in [0.1, 0.15) is 38.3 Å². The number of hydrogen-bond donors (Lipinski definition) is 1. The van der Waals surface area contributed by atoms with Crippen LogP contribution >= 0.6 is 0 Å². The molecule has 2 aliphatic rings. The van der Waals surface area contributed by atoms with Crippen molar-refractivity contribution in [3.05, 3.63) is 35.8 Å². The van der Waals surface area contributed by atoms with Gasteiger partial charge in [0.2, 0.25) is 0 Å². The molecule has 1 N–H and O–H groups in total. The number of pyridine rings is 1. The quantitative estimate of drug-likeness (QED) is 0.627. The van der Waals surface area contributed by atoms with Crippen molar-refractivity contribution >= 4 is 27.5 Å². The molecule has 1 aromatic heterocycles. The molecule has 1 amide bonds. The zero-order valence-electron chi connectivity index (χ0n) is 17.2. The van der Waals surface area contributed by atoms with E-state index in [9.17, 15) is 39.6 Å². The van der Waals surface area contributed by atoms with Crippen LogP contribution < -0.4 is 5.32 Å². The Morgan fingerprint density at radius 3 is 2.33 bits per heavy atom. The van der Waals surface area contributed by atoms with E-state index in [4.69, 9.17) is 0 Å². The Balaban J connectivity index is 1.86. The van der Waals surface area contributed by atoms with Crippen molar-refractivity contribution in [1.82, 2.24) is 9.29 Å². The van der Waals surface area contributed by atoms with Crippen LogP contribution in [0.25, 0.3) is 0 Å². The van der Waals surface area contributed by atoms with Crippen molar-refractivity contribution in [2.45, 2.75) is 45.0 Å². The molecule has 0 aromatic carbocycles. The van der Waals surface area contributed by atoms with Crippen LogP contribution in [0.15, 0.2) is 34.5 Å². The highest BCUT2D eigenvalue weighted by Crippen LogP contribution is 2.41. The van der Waals surface area contributed by atoms with Gasteiger partial charge >= 0.3 is 22.6 Å². The Morgan fingerprint density at radius 2 is 1.79 bits per heavy atom. The molecule has 1 aliphatic carbocycles. The van der Waals surface area contributed by atoms with E-state index in [1.54, 1.807) is 0 Å². The van der Waals surface area contributed by atoms with Gasteiger partial charge in [0, 0.05) is 24.3 Å². The molecule has 33 heavy (non-hydrogen) atoms. The molecule has 1 aromatic rings. The molecular formula is C19H20F6N4O3S. The number of alkyl halides is 6. The maximum absolute atomic E-state index is 12.9. The van der Waals surface area contributed by atoms with E-state index in [1.165, 1.54) is 13.0 Å². The highest BCUT2D eigenvalue weighted by atomic mass is 32.2. The molecule has 3 rings (SSSR count). The molecule has 0 saturated heterocycles. The minimum Gasteiger partial charge on any atom is -0.321 e. The third kappa shape index (κ3) is 5.65. The van der Waals surface area contributed by atoms with E-state index in [1.807, 2.05) is 0 Å². The van der Waals surface area contributed by atoms with E-state index >= 15 is 0 Å². The summed E-state index contributed by atoms with van der Waals surface area (Å²) in [6, 6.07) is 1.70. The number of nitrogens with zero attached hydrogens (tertiary/aromatic N) is 3. The zero-order valence-corrected chi connectivity index (χ0v) is 18.1. The number of anilines is 1. The van der Waals surface area contributed by atoms with Gasteiger partial charge in [-0.3, -0.25) is 9.78 Å². The number of allylic oxidation sites excluding steroid dienone is 1. The molecule has 0 bridgehead atoms. The van der Waals surface area contributed by atoms with Gasteiger partial charge in [0.05, 0.1) is 11.6 Å². The van der Waals surface area contributed by atoms with Crippen LogP contribution in [-0.4, -0.2) is 42.0 Å². The van der Waals surface area contributed by atoms with Crippen molar-refractivity contribution in [2.24, 2.45) is 16.2 Å². The van der Waals surface area contributed by atoms with Gasteiger partial charge in [0.1, 0.15) is 11.4 Å². The molecule has 1 aliphatic heterocycles.